The summed E-state index contributed by atoms with van der Waals surface area (Å²) in [5.41, 5.74) is 3.88. The molecule has 2 N–H and O–H groups in total. The molecule has 1 unspecified atom stereocenters. The minimum absolute atomic E-state index is 0.204. The normalized spacial score (nSPS) is 14.9. The third kappa shape index (κ3) is 4.76. The van der Waals surface area contributed by atoms with Crippen LogP contribution in [0.5, 0.6) is 11.5 Å². The number of fused-ring (bicyclic) bond motifs is 1. The highest BCUT2D eigenvalue weighted by Gasteiger charge is 2.34. The number of methoxy groups -OCH3 is 1. The van der Waals surface area contributed by atoms with Crippen molar-refractivity contribution < 1.29 is 14.3 Å². The molecule has 0 spiro atoms. The third-order valence-corrected chi connectivity index (χ3v) is 5.94. The number of anilines is 2. The lowest BCUT2D eigenvalue weighted by molar-refractivity contribution is -0.113. The van der Waals surface area contributed by atoms with E-state index in [4.69, 9.17) is 9.47 Å². The van der Waals surface area contributed by atoms with Crippen LogP contribution < -0.4 is 20.1 Å². The number of nitrogens with zero attached hydrogens (tertiary/aromatic N) is 3. The third-order valence-electron chi connectivity index (χ3n) is 5.94. The second kappa shape index (κ2) is 10.4. The molecule has 0 saturated heterocycles. The van der Waals surface area contributed by atoms with Crippen molar-refractivity contribution in [2.75, 3.05) is 24.4 Å². The van der Waals surface area contributed by atoms with Crippen molar-refractivity contribution in [3.8, 4) is 11.5 Å². The van der Waals surface area contributed by atoms with Crippen LogP contribution in [-0.4, -0.2) is 34.4 Å². The van der Waals surface area contributed by atoms with Crippen LogP contribution in [0.3, 0.4) is 0 Å². The number of amides is 1. The maximum absolute atomic E-state index is 13.5. The number of ether oxygens (including phenoxy) is 2. The van der Waals surface area contributed by atoms with Gasteiger partial charge in [0, 0.05) is 11.4 Å². The molecule has 0 bridgehead atoms. The lowest BCUT2D eigenvalue weighted by Gasteiger charge is -2.29. The van der Waals surface area contributed by atoms with Crippen LogP contribution in [0.2, 0.25) is 0 Å². The van der Waals surface area contributed by atoms with Crippen molar-refractivity contribution in [1.82, 2.24) is 14.8 Å². The maximum Gasteiger partial charge on any atom is 0.255 e. The van der Waals surface area contributed by atoms with Crippen molar-refractivity contribution in [1.29, 1.82) is 0 Å². The van der Waals surface area contributed by atoms with Gasteiger partial charge in [-0.1, -0.05) is 44.0 Å². The fourth-order valence-corrected chi connectivity index (χ4v) is 4.10. The number of aromatic nitrogens is 3. The Bertz CT molecular complexity index is 1200. The number of hydrogen-bond donors (Lipinski definition) is 2. The molecule has 4 rings (SSSR count). The average Bonchev–Trinajstić information content (AvgIpc) is 3.30. The van der Waals surface area contributed by atoms with E-state index in [0.717, 1.165) is 41.8 Å². The summed E-state index contributed by atoms with van der Waals surface area (Å²) in [5, 5.41) is 10.7. The Morgan fingerprint density at radius 2 is 1.97 bits per heavy atom. The minimum Gasteiger partial charge on any atom is -0.493 e. The van der Waals surface area contributed by atoms with E-state index in [2.05, 4.69) is 27.6 Å². The minimum atomic E-state index is -0.481. The number of nitrogens with one attached hydrogen (secondary N) is 2. The van der Waals surface area contributed by atoms with Crippen LogP contribution in [0.1, 0.15) is 50.3 Å². The zero-order valence-corrected chi connectivity index (χ0v) is 20.1. The predicted octanol–water partition coefficient (Wildman–Crippen LogP) is 5.09. The van der Waals surface area contributed by atoms with E-state index >= 15 is 0 Å². The van der Waals surface area contributed by atoms with Crippen LogP contribution in [0.25, 0.3) is 0 Å². The van der Waals surface area contributed by atoms with Gasteiger partial charge in [0.1, 0.15) is 12.4 Å². The standard InChI is InChI=1S/C26H31N5O3/c1-5-6-9-14-34-21-13-12-19(15-22(21)33-4)24-23(18(3)29-26-27-16-28-31(24)26)25(32)30-20-11-8-7-10-17(20)2/h7-8,10-13,15-16,24H,5-6,9,14H2,1-4H3,(H,30,32)(H,27,28,29). The molecule has 8 nitrogen and oxygen atoms in total. The van der Waals surface area contributed by atoms with Gasteiger partial charge < -0.3 is 20.1 Å². The molecule has 34 heavy (non-hydrogen) atoms. The topological polar surface area (TPSA) is 90.3 Å². The van der Waals surface area contributed by atoms with Gasteiger partial charge in [0.05, 0.1) is 19.3 Å². The first kappa shape index (κ1) is 23.4. The van der Waals surface area contributed by atoms with Crippen molar-refractivity contribution in [2.45, 2.75) is 46.1 Å². The summed E-state index contributed by atoms with van der Waals surface area (Å²) >= 11 is 0. The molecule has 1 aliphatic heterocycles. The van der Waals surface area contributed by atoms with Crippen molar-refractivity contribution in [3.05, 3.63) is 71.2 Å². The summed E-state index contributed by atoms with van der Waals surface area (Å²) in [4.78, 5) is 17.9. The van der Waals surface area contributed by atoms with Gasteiger partial charge in [0.2, 0.25) is 5.95 Å². The number of benzene rings is 2. The van der Waals surface area contributed by atoms with Gasteiger partial charge in [0.25, 0.3) is 5.91 Å². The monoisotopic (exact) mass is 461 g/mol. The molecule has 0 aliphatic carbocycles. The van der Waals surface area contributed by atoms with Gasteiger partial charge in [-0.05, 0) is 49.6 Å². The number of hydrogen-bond acceptors (Lipinski definition) is 6. The molecule has 1 aromatic heterocycles. The van der Waals surface area contributed by atoms with Gasteiger partial charge in [-0.2, -0.15) is 10.1 Å². The highest BCUT2D eigenvalue weighted by molar-refractivity contribution is 6.06. The number of allylic oxidation sites excluding steroid dienone is 1. The number of unbranched alkanes of at least 4 members (excludes halogenated alkanes) is 2. The summed E-state index contributed by atoms with van der Waals surface area (Å²) in [7, 11) is 1.62. The van der Waals surface area contributed by atoms with Gasteiger partial charge in [-0.25, -0.2) is 4.68 Å². The summed E-state index contributed by atoms with van der Waals surface area (Å²) in [6, 6.07) is 13.0. The predicted molar refractivity (Wildman–Crippen MR) is 132 cm³/mol. The van der Waals surface area contributed by atoms with E-state index in [-0.39, 0.29) is 5.91 Å². The first-order valence-corrected chi connectivity index (χ1v) is 11.6. The Morgan fingerprint density at radius 1 is 1.15 bits per heavy atom. The van der Waals surface area contributed by atoms with E-state index in [1.807, 2.05) is 56.3 Å². The van der Waals surface area contributed by atoms with Crippen molar-refractivity contribution in [2.24, 2.45) is 0 Å². The Balaban J connectivity index is 1.69. The Hall–Kier alpha value is -3.81. The molecule has 0 fully saturated rings. The fourth-order valence-electron chi connectivity index (χ4n) is 4.10. The lowest BCUT2D eigenvalue weighted by atomic mass is 9.94. The van der Waals surface area contributed by atoms with Crippen LogP contribution in [-0.2, 0) is 4.79 Å². The molecule has 2 aromatic carbocycles. The van der Waals surface area contributed by atoms with Crippen LogP contribution in [0.4, 0.5) is 11.6 Å². The molecule has 1 amide bonds. The molecule has 178 valence electrons. The van der Waals surface area contributed by atoms with E-state index in [0.29, 0.717) is 29.6 Å². The van der Waals surface area contributed by atoms with Gasteiger partial charge >= 0.3 is 0 Å². The molecule has 1 aliphatic rings. The summed E-state index contributed by atoms with van der Waals surface area (Å²) < 4.78 is 13.3. The highest BCUT2D eigenvalue weighted by Crippen LogP contribution is 2.39. The Kier molecular flexibility index (Phi) is 7.15. The van der Waals surface area contributed by atoms with Crippen molar-refractivity contribution in [3.63, 3.8) is 0 Å². The SMILES string of the molecule is CCCCCOc1ccc(C2C(C(=O)Nc3ccccc3C)=C(C)Nc3ncnn32)cc1OC. The summed E-state index contributed by atoms with van der Waals surface area (Å²) in [6.45, 7) is 6.63. The number of carbonyl (C=O) groups excluding carboxylic acids is 1. The Labute approximate surface area is 200 Å². The maximum atomic E-state index is 13.5. The lowest BCUT2D eigenvalue weighted by Crippen LogP contribution is -2.31. The van der Waals surface area contributed by atoms with Gasteiger partial charge in [0.15, 0.2) is 11.5 Å². The molecular weight excluding hydrogens is 430 g/mol. The molecule has 3 aromatic rings. The van der Waals surface area contributed by atoms with Crippen molar-refractivity contribution >= 4 is 17.5 Å². The van der Waals surface area contributed by atoms with E-state index < -0.39 is 6.04 Å². The molecular formula is C26H31N5O3. The Morgan fingerprint density at radius 3 is 2.74 bits per heavy atom. The molecule has 0 radical (unpaired) electrons. The number of rotatable bonds is 9. The summed E-state index contributed by atoms with van der Waals surface area (Å²) in [6.07, 6.45) is 4.72. The molecule has 1 atom stereocenters. The second-order valence-electron chi connectivity index (χ2n) is 8.33. The largest absolute Gasteiger partial charge is 0.493 e. The van der Waals surface area contributed by atoms with Gasteiger partial charge in [-0.3, -0.25) is 4.79 Å². The van der Waals surface area contributed by atoms with Crippen LogP contribution in [0, 0.1) is 6.92 Å². The van der Waals surface area contributed by atoms with E-state index in [1.165, 1.54) is 6.33 Å². The molecule has 2 heterocycles. The number of carbonyl (C=O) groups is 1. The fraction of sp³-hybridized carbons (Fsp3) is 0.346. The number of aryl methyl sites for hydroxylation is 1. The average molecular weight is 462 g/mol. The van der Waals surface area contributed by atoms with E-state index in [1.54, 1.807) is 11.8 Å². The van der Waals surface area contributed by atoms with Crippen LogP contribution in [0.15, 0.2) is 60.1 Å². The number of para-hydroxylation sites is 1. The zero-order chi connectivity index (χ0) is 24.1. The zero-order valence-electron chi connectivity index (χ0n) is 20.1. The first-order valence-electron chi connectivity index (χ1n) is 11.6. The van der Waals surface area contributed by atoms with Gasteiger partial charge in [-0.15, -0.1) is 0 Å². The summed E-state index contributed by atoms with van der Waals surface area (Å²) in [5.74, 6) is 1.67. The molecule has 8 heteroatoms. The quantitative estimate of drug-likeness (QED) is 0.431. The first-order chi connectivity index (χ1) is 16.5. The smallest absolute Gasteiger partial charge is 0.255 e. The second-order valence-corrected chi connectivity index (χ2v) is 8.33. The van der Waals surface area contributed by atoms with Crippen LogP contribution >= 0.6 is 0 Å². The highest BCUT2D eigenvalue weighted by atomic mass is 16.5. The molecule has 0 saturated carbocycles. The van der Waals surface area contributed by atoms with E-state index in [9.17, 15) is 4.79 Å².